The van der Waals surface area contributed by atoms with Crippen molar-refractivity contribution in [2.24, 2.45) is 0 Å². The molecule has 1 aliphatic heterocycles. The third kappa shape index (κ3) is 2.02. The first kappa shape index (κ1) is 13.0. The largest absolute Gasteiger partial charge is 0.497 e. The highest BCUT2D eigenvalue weighted by Gasteiger charge is 2.52. The smallest absolute Gasteiger partial charge is 0.478 e. The first-order valence-corrected chi connectivity index (χ1v) is 5.77. The number of hydrogen-bond acceptors (Lipinski definition) is 4. The summed E-state index contributed by atoms with van der Waals surface area (Å²) < 4.78 is 11.6. The van der Waals surface area contributed by atoms with Gasteiger partial charge in [0.05, 0.1) is 16.8 Å². The Hall–Kier alpha value is -1.40. The molecule has 1 aromatic rings. The molecule has 0 spiro atoms. The summed E-state index contributed by atoms with van der Waals surface area (Å²) in [5, 5.41) is 9.15. The van der Waals surface area contributed by atoms with Gasteiger partial charge in [0, 0.05) is 17.9 Å². The van der Waals surface area contributed by atoms with Crippen LogP contribution in [-0.2, 0) is 9.31 Å². The van der Waals surface area contributed by atoms with E-state index in [1.165, 1.54) is 18.5 Å². The number of carboxylic acid groups (broad SMARTS) is 1. The number of aromatic carboxylic acids is 1. The lowest BCUT2D eigenvalue weighted by molar-refractivity contribution is 0.00578. The van der Waals surface area contributed by atoms with Gasteiger partial charge in [0.15, 0.2) is 0 Å². The van der Waals surface area contributed by atoms with Crippen molar-refractivity contribution in [2.45, 2.75) is 38.9 Å². The number of carbonyl (C=O) groups is 1. The molecule has 1 saturated heterocycles. The summed E-state index contributed by atoms with van der Waals surface area (Å²) in [7, 11) is -0.699. The van der Waals surface area contributed by atoms with Gasteiger partial charge in [-0.1, -0.05) is 0 Å². The molecule has 18 heavy (non-hydrogen) atoms. The molecule has 1 aliphatic rings. The van der Waals surface area contributed by atoms with Gasteiger partial charge < -0.3 is 14.4 Å². The van der Waals surface area contributed by atoms with Crippen LogP contribution in [0.5, 0.6) is 0 Å². The van der Waals surface area contributed by atoms with E-state index >= 15 is 0 Å². The zero-order valence-corrected chi connectivity index (χ0v) is 10.9. The van der Waals surface area contributed by atoms with E-state index in [1.54, 1.807) is 0 Å². The van der Waals surface area contributed by atoms with Crippen molar-refractivity contribution in [3.05, 3.63) is 24.0 Å². The molecule has 0 saturated carbocycles. The Balaban J connectivity index is 2.38. The molecule has 1 fully saturated rings. The topological polar surface area (TPSA) is 68.7 Å². The summed E-state index contributed by atoms with van der Waals surface area (Å²) >= 11 is 0. The van der Waals surface area contributed by atoms with Gasteiger partial charge >= 0.3 is 13.1 Å². The maximum absolute atomic E-state index is 11.2. The van der Waals surface area contributed by atoms with Gasteiger partial charge in [-0.05, 0) is 33.8 Å². The lowest BCUT2D eigenvalue weighted by Crippen LogP contribution is -2.41. The molecule has 0 radical (unpaired) electrons. The molecule has 0 bridgehead atoms. The number of rotatable bonds is 2. The van der Waals surface area contributed by atoms with E-state index in [0.29, 0.717) is 5.46 Å². The molecule has 0 aliphatic carbocycles. The fraction of sp³-hybridized carbons (Fsp3) is 0.500. The maximum atomic E-state index is 11.2. The fourth-order valence-corrected chi connectivity index (χ4v) is 1.76. The Kier molecular flexibility index (Phi) is 2.95. The van der Waals surface area contributed by atoms with Crippen LogP contribution in [0.1, 0.15) is 38.1 Å². The molecule has 0 amide bonds. The van der Waals surface area contributed by atoms with Crippen LogP contribution in [0.2, 0.25) is 0 Å². The van der Waals surface area contributed by atoms with Crippen LogP contribution in [-0.4, -0.2) is 34.4 Å². The zero-order valence-electron chi connectivity index (χ0n) is 10.9. The summed E-state index contributed by atoms with van der Waals surface area (Å²) in [5.41, 5.74) is -0.390. The molecule has 2 rings (SSSR count). The van der Waals surface area contributed by atoms with E-state index < -0.39 is 24.3 Å². The van der Waals surface area contributed by atoms with Gasteiger partial charge in [0.2, 0.25) is 0 Å². The first-order valence-electron chi connectivity index (χ1n) is 5.77. The molecule has 96 valence electrons. The maximum Gasteiger partial charge on any atom is 0.497 e. The standard InChI is InChI=1S/C12H16BNO4/c1-11(2)12(3,4)18-13(17-11)9-7-14-6-5-8(9)10(15)16/h5-7H,1-4H3,(H,15,16). The molecular formula is C12H16BNO4. The van der Waals surface area contributed by atoms with E-state index in [4.69, 9.17) is 14.4 Å². The minimum atomic E-state index is -1.01. The fourth-order valence-electron chi connectivity index (χ4n) is 1.76. The van der Waals surface area contributed by atoms with E-state index in [9.17, 15) is 4.79 Å². The SMILES string of the molecule is CC1(C)OB(c2cnccc2C(=O)O)OC1(C)C. The molecule has 0 atom stereocenters. The second-order valence-corrected chi connectivity index (χ2v) is 5.36. The van der Waals surface area contributed by atoms with Crippen molar-refractivity contribution in [3.63, 3.8) is 0 Å². The van der Waals surface area contributed by atoms with Gasteiger partial charge in [-0.2, -0.15) is 0 Å². The molecule has 0 unspecified atom stereocenters. The first-order chi connectivity index (χ1) is 8.24. The van der Waals surface area contributed by atoms with Crippen LogP contribution in [0, 0.1) is 0 Å². The highest BCUT2D eigenvalue weighted by Crippen LogP contribution is 2.36. The van der Waals surface area contributed by atoms with Crippen molar-refractivity contribution < 1.29 is 19.2 Å². The molecule has 1 aromatic heterocycles. The minimum absolute atomic E-state index is 0.156. The van der Waals surface area contributed by atoms with Crippen LogP contribution >= 0.6 is 0 Å². The molecule has 5 nitrogen and oxygen atoms in total. The van der Waals surface area contributed by atoms with Crippen molar-refractivity contribution in [3.8, 4) is 0 Å². The van der Waals surface area contributed by atoms with Crippen LogP contribution in [0.3, 0.4) is 0 Å². The molecule has 0 aromatic carbocycles. The average Bonchev–Trinajstić information content (AvgIpc) is 2.48. The van der Waals surface area contributed by atoms with Gasteiger partial charge in [0.25, 0.3) is 0 Å². The van der Waals surface area contributed by atoms with E-state index in [0.717, 1.165) is 0 Å². The van der Waals surface area contributed by atoms with Crippen molar-refractivity contribution in [2.75, 3.05) is 0 Å². The van der Waals surface area contributed by atoms with Gasteiger partial charge in [-0.25, -0.2) is 4.79 Å². The highest BCUT2D eigenvalue weighted by atomic mass is 16.7. The van der Waals surface area contributed by atoms with Crippen molar-refractivity contribution in [1.29, 1.82) is 0 Å². The van der Waals surface area contributed by atoms with Crippen LogP contribution in [0.25, 0.3) is 0 Å². The summed E-state index contributed by atoms with van der Waals surface area (Å²) in [6.45, 7) is 7.68. The third-order valence-corrected chi connectivity index (χ3v) is 3.59. The normalized spacial score (nSPS) is 21.0. The lowest BCUT2D eigenvalue weighted by Gasteiger charge is -2.32. The number of nitrogens with zero attached hydrogens (tertiary/aromatic N) is 1. The van der Waals surface area contributed by atoms with Gasteiger partial charge in [0.1, 0.15) is 0 Å². The Morgan fingerprint density at radius 3 is 2.33 bits per heavy atom. The molecule has 6 heteroatoms. The summed E-state index contributed by atoms with van der Waals surface area (Å²) in [5.74, 6) is -1.01. The van der Waals surface area contributed by atoms with Crippen LogP contribution in [0.4, 0.5) is 0 Å². The molecule has 2 heterocycles. The Morgan fingerprint density at radius 1 is 1.28 bits per heavy atom. The zero-order chi connectivity index (χ0) is 13.6. The molecular weight excluding hydrogens is 233 g/mol. The number of hydrogen-bond donors (Lipinski definition) is 1. The number of aromatic nitrogens is 1. The van der Waals surface area contributed by atoms with Gasteiger partial charge in [-0.3, -0.25) is 4.98 Å². The molecule has 1 N–H and O–H groups in total. The quantitative estimate of drug-likeness (QED) is 0.794. The Labute approximate surface area is 106 Å². The Morgan fingerprint density at radius 2 is 1.83 bits per heavy atom. The number of pyridine rings is 1. The monoisotopic (exact) mass is 249 g/mol. The third-order valence-electron chi connectivity index (χ3n) is 3.59. The predicted octanol–water partition coefficient (Wildman–Crippen LogP) is 1.08. The second kappa shape index (κ2) is 4.07. The predicted molar refractivity (Wildman–Crippen MR) is 66.9 cm³/mol. The second-order valence-electron chi connectivity index (χ2n) is 5.36. The minimum Gasteiger partial charge on any atom is -0.478 e. The number of carboxylic acids is 1. The van der Waals surface area contributed by atoms with Crippen molar-refractivity contribution >= 4 is 18.6 Å². The van der Waals surface area contributed by atoms with Crippen LogP contribution < -0.4 is 5.46 Å². The van der Waals surface area contributed by atoms with E-state index in [-0.39, 0.29) is 5.56 Å². The van der Waals surface area contributed by atoms with E-state index in [1.807, 2.05) is 27.7 Å². The summed E-state index contributed by atoms with van der Waals surface area (Å²) in [6.07, 6.45) is 2.92. The Bertz CT molecular complexity index is 471. The average molecular weight is 249 g/mol. The van der Waals surface area contributed by atoms with Crippen molar-refractivity contribution in [1.82, 2.24) is 4.98 Å². The lowest BCUT2D eigenvalue weighted by atomic mass is 9.77. The van der Waals surface area contributed by atoms with Crippen LogP contribution in [0.15, 0.2) is 18.5 Å². The summed E-state index contributed by atoms with van der Waals surface area (Å²) in [6, 6.07) is 1.45. The summed E-state index contributed by atoms with van der Waals surface area (Å²) in [4.78, 5) is 15.1. The van der Waals surface area contributed by atoms with Gasteiger partial charge in [-0.15, -0.1) is 0 Å². The van der Waals surface area contributed by atoms with E-state index in [2.05, 4.69) is 4.98 Å². The highest BCUT2D eigenvalue weighted by molar-refractivity contribution is 6.63.